The molecule has 0 N–H and O–H groups in total. The summed E-state index contributed by atoms with van der Waals surface area (Å²) in [4.78, 5) is 0. The molecule has 0 fully saturated rings. The maximum absolute atomic E-state index is 12.4. The monoisotopic (exact) mass is 260 g/mol. The normalized spacial score (nSPS) is 11.8. The Morgan fingerprint density at radius 2 is 1.94 bits per heavy atom. The van der Waals surface area contributed by atoms with E-state index in [0.717, 1.165) is 11.6 Å². The molecule has 0 saturated carbocycles. The van der Waals surface area contributed by atoms with Crippen LogP contribution in [0.4, 0.5) is 13.2 Å². The molecule has 0 unspecified atom stereocenters. The fraction of sp³-hybridized carbons (Fsp3) is 0.182. The zero-order valence-electron chi connectivity index (χ0n) is 8.79. The molecular formula is C11H8ClF3N2. The molecule has 90 valence electrons. The summed E-state index contributed by atoms with van der Waals surface area (Å²) in [6, 6.07) is 5.91. The molecule has 0 aliphatic rings. The van der Waals surface area contributed by atoms with Crippen LogP contribution in [0, 0.1) is 6.92 Å². The Morgan fingerprint density at radius 3 is 2.53 bits per heavy atom. The first-order valence-electron chi connectivity index (χ1n) is 4.77. The van der Waals surface area contributed by atoms with Gasteiger partial charge in [-0.25, -0.2) is 4.68 Å². The summed E-state index contributed by atoms with van der Waals surface area (Å²) < 4.78 is 38.4. The van der Waals surface area contributed by atoms with Crippen LogP contribution in [0.5, 0.6) is 0 Å². The van der Waals surface area contributed by atoms with Gasteiger partial charge in [0, 0.05) is 11.2 Å². The van der Waals surface area contributed by atoms with Crippen LogP contribution >= 0.6 is 11.6 Å². The molecule has 2 nitrogen and oxygen atoms in total. The lowest BCUT2D eigenvalue weighted by atomic mass is 10.2. The predicted molar refractivity (Wildman–Crippen MR) is 58.3 cm³/mol. The minimum atomic E-state index is -4.43. The number of benzene rings is 1. The summed E-state index contributed by atoms with van der Waals surface area (Å²) in [6.45, 7) is 1.78. The minimum absolute atomic E-state index is 0.453. The molecule has 0 bridgehead atoms. The van der Waals surface area contributed by atoms with E-state index < -0.39 is 11.9 Å². The smallest absolute Gasteiger partial charge is 0.240 e. The van der Waals surface area contributed by atoms with Gasteiger partial charge in [-0.2, -0.15) is 18.3 Å². The van der Waals surface area contributed by atoms with Crippen molar-refractivity contribution in [1.29, 1.82) is 0 Å². The fourth-order valence-electron chi connectivity index (χ4n) is 1.44. The second-order valence-corrected chi connectivity index (χ2v) is 4.01. The molecule has 6 heteroatoms. The molecule has 0 atom stereocenters. The van der Waals surface area contributed by atoms with Gasteiger partial charge in [0.25, 0.3) is 0 Å². The molecule has 0 aliphatic heterocycles. The van der Waals surface area contributed by atoms with E-state index in [0.29, 0.717) is 10.7 Å². The summed E-state index contributed by atoms with van der Waals surface area (Å²) in [7, 11) is 0. The quantitative estimate of drug-likeness (QED) is 0.761. The highest BCUT2D eigenvalue weighted by atomic mass is 35.5. The van der Waals surface area contributed by atoms with Gasteiger partial charge in [-0.15, -0.1) is 0 Å². The van der Waals surface area contributed by atoms with Gasteiger partial charge < -0.3 is 0 Å². The molecule has 0 amide bonds. The largest absolute Gasteiger partial charge is 0.435 e. The van der Waals surface area contributed by atoms with Crippen LogP contribution in [0.25, 0.3) is 5.69 Å². The maximum Gasteiger partial charge on any atom is 0.435 e. The van der Waals surface area contributed by atoms with Crippen molar-refractivity contribution in [2.24, 2.45) is 0 Å². The van der Waals surface area contributed by atoms with Crippen LogP contribution in [0.3, 0.4) is 0 Å². The van der Waals surface area contributed by atoms with E-state index >= 15 is 0 Å². The van der Waals surface area contributed by atoms with Crippen molar-refractivity contribution < 1.29 is 13.2 Å². The Bertz CT molecular complexity index is 546. The van der Waals surface area contributed by atoms with Crippen LogP contribution in [0.2, 0.25) is 5.02 Å². The lowest BCUT2D eigenvalue weighted by Crippen LogP contribution is -2.07. The van der Waals surface area contributed by atoms with Gasteiger partial charge in [-0.1, -0.05) is 17.7 Å². The molecule has 0 saturated heterocycles. The summed E-state index contributed by atoms with van der Waals surface area (Å²) in [5, 5.41) is 3.94. The van der Waals surface area contributed by atoms with Gasteiger partial charge in [-0.3, -0.25) is 0 Å². The Labute approximate surface area is 101 Å². The lowest BCUT2D eigenvalue weighted by molar-refractivity contribution is -0.141. The van der Waals surface area contributed by atoms with Crippen molar-refractivity contribution in [1.82, 2.24) is 9.78 Å². The molecule has 0 spiro atoms. The second kappa shape index (κ2) is 4.07. The van der Waals surface area contributed by atoms with E-state index in [1.54, 1.807) is 25.1 Å². The van der Waals surface area contributed by atoms with Crippen LogP contribution in [0.1, 0.15) is 11.3 Å². The standard InChI is InChI=1S/C11H8ClF3N2/c1-7-2-3-8(12)6-9(7)17-5-4-10(16-17)11(13,14)15/h2-6H,1H3. The first kappa shape index (κ1) is 12.0. The zero-order chi connectivity index (χ0) is 12.6. The van der Waals surface area contributed by atoms with Crippen molar-refractivity contribution in [2.45, 2.75) is 13.1 Å². The van der Waals surface area contributed by atoms with E-state index in [2.05, 4.69) is 5.10 Å². The van der Waals surface area contributed by atoms with Gasteiger partial charge in [0.2, 0.25) is 0 Å². The van der Waals surface area contributed by atoms with Crippen molar-refractivity contribution in [2.75, 3.05) is 0 Å². The summed E-state index contributed by atoms with van der Waals surface area (Å²) >= 11 is 5.80. The fourth-order valence-corrected chi connectivity index (χ4v) is 1.61. The van der Waals surface area contributed by atoms with Crippen molar-refractivity contribution in [3.8, 4) is 5.69 Å². The minimum Gasteiger partial charge on any atom is -0.240 e. The van der Waals surface area contributed by atoms with Gasteiger partial charge in [0.1, 0.15) is 0 Å². The Kier molecular flexibility index (Phi) is 2.87. The van der Waals surface area contributed by atoms with Crippen LogP contribution < -0.4 is 0 Å². The highest BCUT2D eigenvalue weighted by molar-refractivity contribution is 6.30. The Balaban J connectivity index is 2.47. The molecular weight excluding hydrogens is 253 g/mol. The van der Waals surface area contributed by atoms with Gasteiger partial charge >= 0.3 is 6.18 Å². The van der Waals surface area contributed by atoms with Crippen molar-refractivity contribution in [3.63, 3.8) is 0 Å². The molecule has 2 rings (SSSR count). The number of aromatic nitrogens is 2. The number of nitrogens with zero attached hydrogens (tertiary/aromatic N) is 2. The maximum atomic E-state index is 12.4. The third-order valence-electron chi connectivity index (χ3n) is 2.30. The number of rotatable bonds is 1. The second-order valence-electron chi connectivity index (χ2n) is 3.57. The third-order valence-corrected chi connectivity index (χ3v) is 2.53. The lowest BCUT2D eigenvalue weighted by Gasteiger charge is -2.06. The third kappa shape index (κ3) is 2.44. The highest BCUT2D eigenvalue weighted by Gasteiger charge is 2.33. The highest BCUT2D eigenvalue weighted by Crippen LogP contribution is 2.28. The van der Waals surface area contributed by atoms with E-state index in [1.165, 1.54) is 10.9 Å². The van der Waals surface area contributed by atoms with Crippen LogP contribution in [0.15, 0.2) is 30.5 Å². The zero-order valence-corrected chi connectivity index (χ0v) is 9.55. The SMILES string of the molecule is Cc1ccc(Cl)cc1-n1ccc(C(F)(F)F)n1. The Hall–Kier alpha value is -1.49. The number of aryl methyl sites for hydroxylation is 1. The predicted octanol–water partition coefficient (Wildman–Crippen LogP) is 3.85. The van der Waals surface area contributed by atoms with Crippen molar-refractivity contribution in [3.05, 3.63) is 46.7 Å². The van der Waals surface area contributed by atoms with Crippen LogP contribution in [-0.4, -0.2) is 9.78 Å². The number of hydrogen-bond acceptors (Lipinski definition) is 1. The van der Waals surface area contributed by atoms with Crippen molar-refractivity contribution >= 4 is 11.6 Å². The van der Waals surface area contributed by atoms with E-state index in [4.69, 9.17) is 11.6 Å². The average Bonchev–Trinajstić information content (AvgIpc) is 2.70. The number of hydrogen-bond donors (Lipinski definition) is 0. The Morgan fingerprint density at radius 1 is 1.24 bits per heavy atom. The molecule has 17 heavy (non-hydrogen) atoms. The molecule has 0 radical (unpaired) electrons. The summed E-state index contributed by atoms with van der Waals surface area (Å²) in [6.07, 6.45) is -3.17. The molecule has 0 aliphatic carbocycles. The summed E-state index contributed by atoms with van der Waals surface area (Å²) in [5.41, 5.74) is 0.413. The number of halogens is 4. The summed E-state index contributed by atoms with van der Waals surface area (Å²) in [5.74, 6) is 0. The van der Waals surface area contributed by atoms with Gasteiger partial charge in [0.05, 0.1) is 5.69 Å². The molecule has 1 heterocycles. The van der Waals surface area contributed by atoms with Crippen LogP contribution in [-0.2, 0) is 6.18 Å². The average molecular weight is 261 g/mol. The molecule has 1 aromatic heterocycles. The van der Waals surface area contributed by atoms with Gasteiger partial charge in [-0.05, 0) is 30.7 Å². The topological polar surface area (TPSA) is 17.8 Å². The first-order valence-corrected chi connectivity index (χ1v) is 5.15. The van der Waals surface area contributed by atoms with E-state index in [1.807, 2.05) is 0 Å². The number of alkyl halides is 3. The first-order chi connectivity index (χ1) is 7.88. The molecule has 1 aromatic carbocycles. The van der Waals surface area contributed by atoms with E-state index in [-0.39, 0.29) is 0 Å². The van der Waals surface area contributed by atoms with Gasteiger partial charge in [0.15, 0.2) is 5.69 Å². The van der Waals surface area contributed by atoms with E-state index in [9.17, 15) is 13.2 Å². The molecule has 2 aromatic rings.